The summed E-state index contributed by atoms with van der Waals surface area (Å²) in [7, 11) is 3.54. The van der Waals surface area contributed by atoms with Crippen LogP contribution in [0.5, 0.6) is 0 Å². The lowest BCUT2D eigenvalue weighted by Gasteiger charge is -2.07. The predicted octanol–water partition coefficient (Wildman–Crippen LogP) is -0.932. The van der Waals surface area contributed by atoms with Crippen LogP contribution in [0.3, 0.4) is 0 Å². The maximum Gasteiger partial charge on any atom is 0.110 e. The Morgan fingerprint density at radius 3 is 3.00 bits per heavy atom. The zero-order chi connectivity index (χ0) is 8.27. The summed E-state index contributed by atoms with van der Waals surface area (Å²) >= 11 is 0. The Hall–Kier alpha value is -0.940. The molecule has 0 spiro atoms. The molecular weight excluding hydrogens is 144 g/mol. The van der Waals surface area contributed by atoms with Gasteiger partial charge in [-0.25, -0.2) is 4.68 Å². The van der Waals surface area contributed by atoms with Crippen LogP contribution >= 0.6 is 0 Å². The number of aliphatic hydroxyl groups excluding tert-OH is 1. The summed E-state index contributed by atoms with van der Waals surface area (Å²) in [6.45, 7) is 0.515. The fraction of sp³-hybridized carbons (Fsp3) is 0.667. The van der Waals surface area contributed by atoms with Crippen LogP contribution in [-0.4, -0.2) is 33.7 Å². The average Bonchev–Trinajstić information content (AvgIpc) is 2.36. The second kappa shape index (κ2) is 3.45. The molecule has 62 valence electrons. The monoisotopic (exact) mass is 156 g/mol. The van der Waals surface area contributed by atoms with Crippen LogP contribution in [0, 0.1) is 0 Å². The van der Waals surface area contributed by atoms with Gasteiger partial charge in [-0.3, -0.25) is 0 Å². The van der Waals surface area contributed by atoms with E-state index in [4.69, 9.17) is 0 Å². The molecule has 1 heterocycles. The van der Waals surface area contributed by atoms with Crippen LogP contribution in [-0.2, 0) is 7.05 Å². The molecule has 0 aromatic carbocycles. The van der Waals surface area contributed by atoms with Crippen LogP contribution in [0.1, 0.15) is 11.8 Å². The highest BCUT2D eigenvalue weighted by molar-refractivity contribution is 4.98. The molecule has 11 heavy (non-hydrogen) atoms. The van der Waals surface area contributed by atoms with E-state index in [0.29, 0.717) is 6.54 Å². The third-order valence-electron chi connectivity index (χ3n) is 1.49. The van der Waals surface area contributed by atoms with E-state index >= 15 is 0 Å². The first-order valence-corrected chi connectivity index (χ1v) is 3.43. The SMILES string of the molecule is CNCC(O)c1cnnn1C. The first kappa shape index (κ1) is 8.16. The highest BCUT2D eigenvalue weighted by Crippen LogP contribution is 2.07. The molecule has 0 saturated heterocycles. The van der Waals surface area contributed by atoms with Crippen LogP contribution in [0.2, 0.25) is 0 Å². The highest BCUT2D eigenvalue weighted by atomic mass is 16.3. The fourth-order valence-electron chi connectivity index (χ4n) is 0.897. The van der Waals surface area contributed by atoms with Crippen LogP contribution in [0.4, 0.5) is 0 Å². The van der Waals surface area contributed by atoms with E-state index in [0.717, 1.165) is 5.69 Å². The number of nitrogens with one attached hydrogen (secondary N) is 1. The third-order valence-corrected chi connectivity index (χ3v) is 1.49. The van der Waals surface area contributed by atoms with Crippen molar-refractivity contribution < 1.29 is 5.11 Å². The van der Waals surface area contributed by atoms with Gasteiger partial charge in [-0.1, -0.05) is 5.21 Å². The molecule has 0 amide bonds. The molecule has 0 aliphatic heterocycles. The molecule has 1 aromatic rings. The van der Waals surface area contributed by atoms with Crippen molar-refractivity contribution in [1.82, 2.24) is 20.3 Å². The number of rotatable bonds is 3. The summed E-state index contributed by atoms with van der Waals surface area (Å²) < 4.78 is 1.56. The maximum absolute atomic E-state index is 9.43. The lowest BCUT2D eigenvalue weighted by molar-refractivity contribution is 0.168. The van der Waals surface area contributed by atoms with Gasteiger partial charge in [0.25, 0.3) is 0 Å². The second-order valence-corrected chi connectivity index (χ2v) is 2.36. The molecule has 0 radical (unpaired) electrons. The number of aliphatic hydroxyl groups is 1. The average molecular weight is 156 g/mol. The summed E-state index contributed by atoms with van der Waals surface area (Å²) in [6, 6.07) is 0. The summed E-state index contributed by atoms with van der Waals surface area (Å²) in [6.07, 6.45) is 1.03. The van der Waals surface area contributed by atoms with Gasteiger partial charge in [-0.2, -0.15) is 0 Å². The van der Waals surface area contributed by atoms with Crippen LogP contribution in [0.15, 0.2) is 6.20 Å². The maximum atomic E-state index is 9.43. The summed E-state index contributed by atoms with van der Waals surface area (Å²) in [4.78, 5) is 0. The van der Waals surface area contributed by atoms with E-state index in [2.05, 4.69) is 15.6 Å². The molecule has 1 aromatic heterocycles. The van der Waals surface area contributed by atoms with Crippen molar-refractivity contribution in [2.45, 2.75) is 6.10 Å². The van der Waals surface area contributed by atoms with Gasteiger partial charge >= 0.3 is 0 Å². The summed E-state index contributed by atoms with van der Waals surface area (Å²) in [5.41, 5.74) is 0.722. The van der Waals surface area contributed by atoms with Gasteiger partial charge < -0.3 is 10.4 Å². The molecule has 0 saturated carbocycles. The van der Waals surface area contributed by atoms with Gasteiger partial charge in [0.05, 0.1) is 11.9 Å². The van der Waals surface area contributed by atoms with Crippen molar-refractivity contribution in [3.8, 4) is 0 Å². The van der Waals surface area contributed by atoms with Crippen molar-refractivity contribution >= 4 is 0 Å². The normalized spacial score (nSPS) is 13.4. The molecule has 1 atom stereocenters. The molecule has 1 unspecified atom stereocenters. The number of hydrogen-bond donors (Lipinski definition) is 2. The largest absolute Gasteiger partial charge is 0.385 e. The first-order valence-electron chi connectivity index (χ1n) is 3.43. The number of aryl methyl sites for hydroxylation is 1. The minimum absolute atomic E-state index is 0.515. The Kier molecular flexibility index (Phi) is 2.56. The van der Waals surface area contributed by atoms with E-state index in [1.165, 1.54) is 0 Å². The molecule has 0 bridgehead atoms. The number of likely N-dealkylation sites (N-methyl/N-ethyl adjacent to an activating group) is 1. The molecule has 5 heteroatoms. The number of aromatic nitrogens is 3. The quantitative estimate of drug-likeness (QED) is 0.593. The van der Waals surface area contributed by atoms with Crippen molar-refractivity contribution in [1.29, 1.82) is 0 Å². The molecule has 0 fully saturated rings. The van der Waals surface area contributed by atoms with E-state index in [1.54, 1.807) is 25.0 Å². The Bertz CT molecular complexity index is 222. The van der Waals surface area contributed by atoms with Gasteiger partial charge in [0.15, 0.2) is 0 Å². The Morgan fingerprint density at radius 1 is 1.82 bits per heavy atom. The van der Waals surface area contributed by atoms with Crippen molar-refractivity contribution in [3.63, 3.8) is 0 Å². The highest BCUT2D eigenvalue weighted by Gasteiger charge is 2.09. The van der Waals surface area contributed by atoms with E-state index in [-0.39, 0.29) is 0 Å². The molecule has 1 rings (SSSR count). The third kappa shape index (κ3) is 1.75. The molecule has 2 N–H and O–H groups in total. The molecular formula is C6H12N4O. The second-order valence-electron chi connectivity index (χ2n) is 2.36. The zero-order valence-corrected chi connectivity index (χ0v) is 6.65. The molecule has 5 nitrogen and oxygen atoms in total. The van der Waals surface area contributed by atoms with Gasteiger partial charge in [-0.05, 0) is 7.05 Å². The Labute approximate surface area is 65.0 Å². The van der Waals surface area contributed by atoms with Crippen LogP contribution < -0.4 is 5.32 Å². The predicted molar refractivity (Wildman–Crippen MR) is 39.9 cm³/mol. The van der Waals surface area contributed by atoms with Gasteiger partial charge in [0.2, 0.25) is 0 Å². The molecule has 0 aliphatic rings. The van der Waals surface area contributed by atoms with Crippen molar-refractivity contribution in [3.05, 3.63) is 11.9 Å². The van der Waals surface area contributed by atoms with Crippen molar-refractivity contribution in [2.24, 2.45) is 7.05 Å². The van der Waals surface area contributed by atoms with Gasteiger partial charge in [0, 0.05) is 13.6 Å². The number of nitrogens with zero attached hydrogens (tertiary/aromatic N) is 3. The minimum Gasteiger partial charge on any atom is -0.385 e. The van der Waals surface area contributed by atoms with E-state index < -0.39 is 6.10 Å². The first-order chi connectivity index (χ1) is 5.25. The van der Waals surface area contributed by atoms with E-state index in [9.17, 15) is 5.11 Å². The number of hydrogen-bond acceptors (Lipinski definition) is 4. The lowest BCUT2D eigenvalue weighted by atomic mass is 10.3. The molecule has 0 aliphatic carbocycles. The Balaban J connectivity index is 2.67. The standard InChI is InChI=1S/C6H12N4O/c1-7-4-6(11)5-3-8-9-10(5)2/h3,6-7,11H,4H2,1-2H3. The van der Waals surface area contributed by atoms with Gasteiger partial charge in [-0.15, -0.1) is 5.10 Å². The zero-order valence-electron chi connectivity index (χ0n) is 6.65. The fourth-order valence-corrected chi connectivity index (χ4v) is 0.897. The smallest absolute Gasteiger partial charge is 0.110 e. The lowest BCUT2D eigenvalue weighted by Crippen LogP contribution is -2.18. The minimum atomic E-state index is -0.528. The summed E-state index contributed by atoms with van der Waals surface area (Å²) in [5.74, 6) is 0. The van der Waals surface area contributed by atoms with Crippen molar-refractivity contribution in [2.75, 3.05) is 13.6 Å². The Morgan fingerprint density at radius 2 is 2.55 bits per heavy atom. The topological polar surface area (TPSA) is 63.0 Å². The summed E-state index contributed by atoms with van der Waals surface area (Å²) in [5, 5.41) is 19.6. The van der Waals surface area contributed by atoms with Gasteiger partial charge in [0.1, 0.15) is 6.10 Å². The van der Waals surface area contributed by atoms with E-state index in [1.807, 2.05) is 0 Å². The van der Waals surface area contributed by atoms with Crippen LogP contribution in [0.25, 0.3) is 0 Å².